The minimum atomic E-state index is -0.604. The number of carbonyl (C=O) groups is 1. The first-order valence-electron chi connectivity index (χ1n) is 21.4. The molecule has 2 aromatic heterocycles. The fourth-order valence-electron chi connectivity index (χ4n) is 9.54. The first-order valence-corrected chi connectivity index (χ1v) is 22.8. The van der Waals surface area contributed by atoms with Crippen molar-refractivity contribution in [2.75, 3.05) is 32.1 Å². The van der Waals surface area contributed by atoms with E-state index in [0.29, 0.717) is 57.9 Å². The number of aliphatic imine (C=N–C) groups is 1. The summed E-state index contributed by atoms with van der Waals surface area (Å²) in [6, 6.07) is 22.8. The van der Waals surface area contributed by atoms with Gasteiger partial charge in [-0.2, -0.15) is 5.26 Å². The maximum atomic E-state index is 14.2. The number of nitrogens with one attached hydrogen (secondary N) is 1. The Labute approximate surface area is 377 Å². The Morgan fingerprint density at radius 2 is 1.75 bits per heavy atom. The molecule has 0 radical (unpaired) electrons. The van der Waals surface area contributed by atoms with Crippen LogP contribution >= 0.6 is 23.4 Å². The number of amidine groups is 1. The average molecular weight is 890 g/mol. The van der Waals surface area contributed by atoms with E-state index < -0.39 is 11.1 Å². The van der Waals surface area contributed by atoms with Crippen LogP contribution in [0.15, 0.2) is 106 Å². The number of amides is 1. The van der Waals surface area contributed by atoms with Gasteiger partial charge in [-0.1, -0.05) is 31.5 Å². The molecule has 3 aromatic carbocycles. The van der Waals surface area contributed by atoms with Crippen LogP contribution in [-0.4, -0.2) is 86.4 Å². The van der Waals surface area contributed by atoms with Gasteiger partial charge in [0, 0.05) is 83.8 Å². The maximum absolute atomic E-state index is 14.2. The second-order valence-corrected chi connectivity index (χ2v) is 19.0. The van der Waals surface area contributed by atoms with E-state index in [1.807, 2.05) is 75.2 Å². The number of piperidine rings is 1. The van der Waals surface area contributed by atoms with Crippen molar-refractivity contribution >= 4 is 46.0 Å². The van der Waals surface area contributed by atoms with Crippen LogP contribution < -0.4 is 19.8 Å². The third-order valence-electron chi connectivity index (χ3n) is 12.3. The number of ether oxygens (including phenoxy) is 4. The molecule has 5 heterocycles. The number of H-pyrrole nitrogens is 1. The van der Waals surface area contributed by atoms with Crippen LogP contribution in [0.1, 0.15) is 59.9 Å². The van der Waals surface area contributed by atoms with Gasteiger partial charge in [0.05, 0.1) is 34.4 Å². The van der Waals surface area contributed by atoms with Crippen molar-refractivity contribution in [2.24, 2.45) is 18.0 Å². The third kappa shape index (κ3) is 8.56. The zero-order valence-corrected chi connectivity index (χ0v) is 38.3. The van der Waals surface area contributed by atoms with Crippen molar-refractivity contribution in [1.82, 2.24) is 19.4 Å². The van der Waals surface area contributed by atoms with Gasteiger partial charge in [0.2, 0.25) is 0 Å². The molecule has 0 aliphatic carbocycles. The highest BCUT2D eigenvalue weighted by molar-refractivity contribution is 7.99. The van der Waals surface area contributed by atoms with Crippen LogP contribution in [0.5, 0.6) is 23.0 Å². The highest BCUT2D eigenvalue weighted by Gasteiger charge is 2.64. The minimum Gasteiger partial charge on any atom is -0.491 e. The quantitative estimate of drug-likeness (QED) is 0.0906. The number of carbonyl (C=O) groups excluding carboxylic acids is 1. The number of benzene rings is 3. The Balaban J connectivity index is 0.817. The highest BCUT2D eigenvalue weighted by atomic mass is 35.5. The summed E-state index contributed by atoms with van der Waals surface area (Å²) < 4.78 is 26.9. The Kier molecular flexibility index (Phi) is 12.4. The molecule has 3 aliphatic heterocycles. The predicted octanol–water partition coefficient (Wildman–Crippen LogP) is 9.60. The number of hydrogen-bond acceptors (Lipinski definition) is 10. The monoisotopic (exact) mass is 888 g/mol. The summed E-state index contributed by atoms with van der Waals surface area (Å²) in [7, 11) is 1.76. The molecule has 3 aliphatic rings. The molecule has 12 nitrogen and oxygen atoms in total. The molecule has 8 rings (SSSR count). The zero-order valence-electron chi connectivity index (χ0n) is 36.7. The SMILES string of the molecule is CCSc1ccc(Oc2cccc(OCCOC3CCN(C4=NC=C(C(=O)N5C(C)(C)C(Oc6ccc(C#N)c(Cl)c6)C5(C)C)C4C)CC3)c2)c(-c2cn(C)c(=O)c3[nH]ccc23)c1. The molecule has 1 N–H and O–H groups in total. The van der Waals surface area contributed by atoms with E-state index in [9.17, 15) is 14.9 Å². The van der Waals surface area contributed by atoms with Crippen molar-refractivity contribution in [1.29, 1.82) is 5.26 Å². The summed E-state index contributed by atoms with van der Waals surface area (Å²) in [5.74, 6) is 4.20. The van der Waals surface area contributed by atoms with Crippen LogP contribution in [0.4, 0.5) is 0 Å². The summed E-state index contributed by atoms with van der Waals surface area (Å²) >= 11 is 8.03. The van der Waals surface area contributed by atoms with Gasteiger partial charge in [0.15, 0.2) is 0 Å². The first kappa shape index (κ1) is 43.9. The number of nitriles is 1. The fraction of sp³-hybridized carbons (Fsp3) is 0.388. The molecule has 1 unspecified atom stereocenters. The smallest absolute Gasteiger partial charge is 0.274 e. The standard InChI is InChI=1S/C49H53ClN6O6S/c1-8-63-36-14-15-42(38(26-36)40-29-54(7)46(58)43-37(40)16-19-52-43)61-34-11-9-10-33(24-34)60-23-22-59-32-17-20-55(21-18-32)44-30(2)39(28-53-44)45(57)56-48(3,4)47(49(56,5)6)62-35-13-12-31(27-51)41(50)25-35/h9-16,19,24-26,28-30,32,47,52H,8,17-18,20-23H2,1-7H3. The zero-order chi connectivity index (χ0) is 44.6. The normalized spacial score (nSPS) is 18.4. The first-order chi connectivity index (χ1) is 30.2. The van der Waals surface area contributed by atoms with Crippen LogP contribution in [0.3, 0.4) is 0 Å². The molecule has 2 saturated heterocycles. The Morgan fingerprint density at radius 1 is 0.984 bits per heavy atom. The minimum absolute atomic E-state index is 0.0473. The number of nitrogens with zero attached hydrogens (tertiary/aromatic N) is 5. The van der Waals surface area contributed by atoms with E-state index in [4.69, 9.17) is 35.5 Å². The Hall–Kier alpha value is -5.68. The summed E-state index contributed by atoms with van der Waals surface area (Å²) in [4.78, 5) is 40.2. The molecule has 14 heteroatoms. The summed E-state index contributed by atoms with van der Waals surface area (Å²) in [5.41, 5.74) is 2.13. The Bertz CT molecular complexity index is 2690. The molecular formula is C49H53ClN6O6S. The van der Waals surface area contributed by atoms with Crippen molar-refractivity contribution < 1.29 is 23.7 Å². The van der Waals surface area contributed by atoms with E-state index in [-0.39, 0.29) is 29.6 Å². The highest BCUT2D eigenvalue weighted by Crippen LogP contribution is 2.49. The molecule has 1 atom stereocenters. The van der Waals surface area contributed by atoms with Crippen molar-refractivity contribution in [3.05, 3.63) is 112 Å². The molecule has 0 saturated carbocycles. The molecule has 0 bridgehead atoms. The predicted molar refractivity (Wildman–Crippen MR) is 248 cm³/mol. The van der Waals surface area contributed by atoms with Crippen molar-refractivity contribution in [3.63, 3.8) is 0 Å². The summed E-state index contributed by atoms with van der Waals surface area (Å²) in [6.07, 6.45) is 6.86. The van der Waals surface area contributed by atoms with Gasteiger partial charge in [-0.15, -0.1) is 11.8 Å². The van der Waals surface area contributed by atoms with Crippen LogP contribution in [0.25, 0.3) is 22.0 Å². The van der Waals surface area contributed by atoms with Crippen LogP contribution in [0, 0.1) is 17.2 Å². The van der Waals surface area contributed by atoms with E-state index in [0.717, 1.165) is 58.9 Å². The third-order valence-corrected chi connectivity index (χ3v) is 13.5. The van der Waals surface area contributed by atoms with Crippen molar-refractivity contribution in [3.8, 4) is 40.2 Å². The number of aromatic amines is 1. The Morgan fingerprint density at radius 3 is 2.48 bits per heavy atom. The number of likely N-dealkylation sites (tertiary alicyclic amines) is 2. The largest absolute Gasteiger partial charge is 0.491 e. The lowest BCUT2D eigenvalue weighted by atomic mass is 9.68. The van der Waals surface area contributed by atoms with Crippen LogP contribution in [-0.2, 0) is 16.6 Å². The molecular weight excluding hydrogens is 836 g/mol. The number of aryl methyl sites for hydroxylation is 1. The van der Waals surface area contributed by atoms with Gasteiger partial charge in [0.25, 0.3) is 11.5 Å². The molecule has 0 spiro atoms. The van der Waals surface area contributed by atoms with Gasteiger partial charge in [0.1, 0.15) is 53.1 Å². The van der Waals surface area contributed by atoms with E-state index in [1.165, 1.54) is 0 Å². The number of aromatic nitrogens is 2. The van der Waals surface area contributed by atoms with E-state index >= 15 is 0 Å². The lowest BCUT2D eigenvalue weighted by molar-refractivity contribution is -0.205. The van der Waals surface area contributed by atoms with E-state index in [2.05, 4.69) is 41.9 Å². The van der Waals surface area contributed by atoms with E-state index in [1.54, 1.807) is 54.0 Å². The summed E-state index contributed by atoms with van der Waals surface area (Å²) in [6.45, 7) is 14.6. The lowest BCUT2D eigenvalue weighted by Gasteiger charge is -2.65. The number of thioether (sulfide) groups is 1. The second-order valence-electron chi connectivity index (χ2n) is 17.3. The number of halogens is 1. The molecule has 2 fully saturated rings. The fourth-order valence-corrected chi connectivity index (χ4v) is 10.4. The molecule has 63 heavy (non-hydrogen) atoms. The van der Waals surface area contributed by atoms with Crippen LogP contribution in [0.2, 0.25) is 5.02 Å². The molecule has 328 valence electrons. The topological polar surface area (TPSA) is 134 Å². The number of fused-ring (bicyclic) bond motifs is 1. The number of rotatable bonds is 13. The van der Waals surface area contributed by atoms with Crippen molar-refractivity contribution in [2.45, 2.75) is 82.6 Å². The van der Waals surface area contributed by atoms with Gasteiger partial charge >= 0.3 is 0 Å². The van der Waals surface area contributed by atoms with Gasteiger partial charge in [-0.25, -0.2) is 4.99 Å². The van der Waals surface area contributed by atoms with Gasteiger partial charge in [-0.3, -0.25) is 9.59 Å². The average Bonchev–Trinajstić information content (AvgIpc) is 3.91. The number of pyridine rings is 1. The number of hydrogen-bond donors (Lipinski definition) is 1. The summed E-state index contributed by atoms with van der Waals surface area (Å²) in [5, 5.41) is 10.4. The molecule has 1 amide bonds. The van der Waals surface area contributed by atoms with Gasteiger partial charge in [-0.05, 0) is 94.8 Å². The van der Waals surface area contributed by atoms with Gasteiger partial charge < -0.3 is 38.3 Å². The maximum Gasteiger partial charge on any atom is 0.274 e. The second kappa shape index (κ2) is 17.8. The molecule has 5 aromatic rings. The lowest BCUT2D eigenvalue weighted by Crippen LogP contribution is -2.82.